The molecule has 0 aliphatic carbocycles. The van der Waals surface area contributed by atoms with Crippen molar-refractivity contribution in [2.24, 2.45) is 11.5 Å². The first-order chi connectivity index (χ1) is 20.1. The van der Waals surface area contributed by atoms with E-state index < -0.39 is 41.9 Å². The van der Waals surface area contributed by atoms with Gasteiger partial charge < -0.3 is 11.5 Å². The summed E-state index contributed by atoms with van der Waals surface area (Å²) < 4.78 is 79.9. The van der Waals surface area contributed by atoms with Crippen LogP contribution in [0.1, 0.15) is 11.1 Å². The first kappa shape index (κ1) is 31.2. The van der Waals surface area contributed by atoms with Crippen LogP contribution in [0.25, 0.3) is 0 Å². The highest BCUT2D eigenvalue weighted by Crippen LogP contribution is 2.30. The number of sulfone groups is 1. The molecule has 43 heavy (non-hydrogen) atoms. The molecule has 0 atom stereocenters. The molecule has 0 spiro atoms. The zero-order chi connectivity index (χ0) is 31.7. The predicted octanol–water partition coefficient (Wildman–Crippen LogP) is 3.68. The number of hydrogen-bond acceptors (Lipinski definition) is 8. The van der Waals surface area contributed by atoms with Crippen molar-refractivity contribution in [3.8, 4) is 0 Å². The standard InChI is InChI=1S/C28H26N4O8S3/c1-19-3-11-25(12-4-19)42(37,38)31(27(29)33)21-7-15-23(16-8-21)41(35,36)24-17-9-22(10-18-24)32(28(30)34)43(39,40)26-13-5-20(2)6-14-26/h3-18H,1-2H3,(H2,29,33)(H2,30,34). The lowest BCUT2D eigenvalue weighted by Crippen LogP contribution is -2.40. The summed E-state index contributed by atoms with van der Waals surface area (Å²) in [4.78, 5) is 23.4. The Morgan fingerprint density at radius 2 is 0.721 bits per heavy atom. The number of rotatable bonds is 8. The Hall–Kier alpha value is -4.73. The van der Waals surface area contributed by atoms with E-state index >= 15 is 0 Å². The number of nitrogens with zero attached hydrogens (tertiary/aromatic N) is 2. The van der Waals surface area contributed by atoms with Crippen LogP contribution >= 0.6 is 0 Å². The Labute approximate surface area is 249 Å². The third kappa shape index (κ3) is 6.09. The molecule has 0 fully saturated rings. The van der Waals surface area contributed by atoms with E-state index in [1.54, 1.807) is 38.1 Å². The lowest BCUT2D eigenvalue weighted by Gasteiger charge is -2.21. The van der Waals surface area contributed by atoms with Gasteiger partial charge in [0.1, 0.15) is 0 Å². The minimum Gasteiger partial charge on any atom is -0.350 e. The second kappa shape index (κ2) is 11.5. The van der Waals surface area contributed by atoms with Crippen LogP contribution in [0.15, 0.2) is 117 Å². The maximum atomic E-state index is 13.3. The zero-order valence-corrected chi connectivity index (χ0v) is 25.2. The van der Waals surface area contributed by atoms with Crippen molar-refractivity contribution in [3.05, 3.63) is 108 Å². The Morgan fingerprint density at radius 3 is 0.977 bits per heavy atom. The highest BCUT2D eigenvalue weighted by molar-refractivity contribution is 7.94. The Morgan fingerprint density at radius 1 is 0.465 bits per heavy atom. The quantitative estimate of drug-likeness (QED) is 0.290. The molecule has 4 rings (SSSR count). The predicted molar refractivity (Wildman–Crippen MR) is 159 cm³/mol. The molecular formula is C28H26N4O8S3. The van der Waals surface area contributed by atoms with Crippen molar-refractivity contribution in [2.75, 3.05) is 8.61 Å². The maximum Gasteiger partial charge on any atom is 0.333 e. The SMILES string of the molecule is Cc1ccc(S(=O)(=O)N(C(N)=O)c2ccc(S(=O)(=O)c3ccc(N(C(N)=O)S(=O)(=O)c4ccc(C)cc4)cc3)cc2)cc1. The molecule has 15 heteroatoms. The molecule has 0 aromatic heterocycles. The summed E-state index contributed by atoms with van der Waals surface area (Å²) in [5.74, 6) is 0. The van der Waals surface area contributed by atoms with E-state index in [0.29, 0.717) is 8.61 Å². The van der Waals surface area contributed by atoms with Gasteiger partial charge in [0.2, 0.25) is 9.84 Å². The van der Waals surface area contributed by atoms with Gasteiger partial charge in [-0.05, 0) is 86.6 Å². The molecule has 0 radical (unpaired) electrons. The Kier molecular flexibility index (Phi) is 8.35. The third-order valence-corrected chi connectivity index (χ3v) is 11.5. The largest absolute Gasteiger partial charge is 0.350 e. The van der Waals surface area contributed by atoms with Gasteiger partial charge in [0.15, 0.2) is 0 Å². The van der Waals surface area contributed by atoms with Gasteiger partial charge in [0.25, 0.3) is 20.0 Å². The smallest absolute Gasteiger partial charge is 0.333 e. The van der Waals surface area contributed by atoms with Crippen LogP contribution in [0.2, 0.25) is 0 Å². The van der Waals surface area contributed by atoms with Crippen molar-refractivity contribution < 1.29 is 34.8 Å². The molecule has 0 saturated carbocycles. The molecule has 0 bridgehead atoms. The number of urea groups is 2. The number of benzene rings is 4. The first-order valence-electron chi connectivity index (χ1n) is 12.3. The monoisotopic (exact) mass is 642 g/mol. The number of carbonyl (C=O) groups excluding carboxylic acids is 2. The summed E-state index contributed by atoms with van der Waals surface area (Å²) in [5.41, 5.74) is 12.0. The van der Waals surface area contributed by atoms with E-state index in [1.807, 2.05) is 0 Å². The minimum atomic E-state index is -4.41. The molecule has 0 aliphatic heterocycles. The van der Waals surface area contributed by atoms with Crippen molar-refractivity contribution in [1.29, 1.82) is 0 Å². The summed E-state index contributed by atoms with van der Waals surface area (Å²) in [7, 11) is -13.0. The van der Waals surface area contributed by atoms with Gasteiger partial charge in [-0.2, -0.15) is 8.61 Å². The summed E-state index contributed by atoms with van der Waals surface area (Å²) in [6.07, 6.45) is 0. The van der Waals surface area contributed by atoms with E-state index in [-0.39, 0.29) is 31.0 Å². The number of anilines is 2. The van der Waals surface area contributed by atoms with Crippen molar-refractivity contribution in [2.45, 2.75) is 33.4 Å². The van der Waals surface area contributed by atoms with Crippen LogP contribution in [-0.2, 0) is 29.9 Å². The topological polar surface area (TPSA) is 195 Å². The summed E-state index contributed by atoms with van der Waals surface area (Å²) in [6, 6.07) is 17.7. The number of aryl methyl sites for hydroxylation is 2. The summed E-state index contributed by atoms with van der Waals surface area (Å²) in [5, 5.41) is 0. The number of primary amides is 2. The van der Waals surface area contributed by atoms with Crippen LogP contribution in [0.3, 0.4) is 0 Å². The second-order valence-electron chi connectivity index (χ2n) is 9.33. The Bertz CT molecular complexity index is 1870. The fourth-order valence-corrected chi connectivity index (χ4v) is 7.97. The highest BCUT2D eigenvalue weighted by atomic mass is 32.2. The fraction of sp³-hybridized carbons (Fsp3) is 0.0714. The lowest BCUT2D eigenvalue weighted by molar-refractivity contribution is 0.256. The van der Waals surface area contributed by atoms with Crippen molar-refractivity contribution in [1.82, 2.24) is 0 Å². The van der Waals surface area contributed by atoms with Gasteiger partial charge in [0.05, 0.1) is 31.0 Å². The fourth-order valence-electron chi connectivity index (χ4n) is 4.06. The molecule has 0 aliphatic rings. The third-order valence-electron chi connectivity index (χ3n) is 6.28. The van der Waals surface area contributed by atoms with E-state index in [0.717, 1.165) is 59.7 Å². The molecule has 12 nitrogen and oxygen atoms in total. The van der Waals surface area contributed by atoms with Gasteiger partial charge in [-0.15, -0.1) is 0 Å². The van der Waals surface area contributed by atoms with Crippen LogP contribution < -0.4 is 20.1 Å². The van der Waals surface area contributed by atoms with Gasteiger partial charge in [-0.1, -0.05) is 35.4 Å². The molecular weight excluding hydrogens is 617 g/mol. The minimum absolute atomic E-state index is 0.192. The molecule has 224 valence electrons. The van der Waals surface area contributed by atoms with E-state index in [2.05, 4.69) is 0 Å². The van der Waals surface area contributed by atoms with Crippen LogP contribution in [-0.4, -0.2) is 37.3 Å². The molecule has 0 saturated heterocycles. The van der Waals surface area contributed by atoms with Crippen molar-refractivity contribution >= 4 is 53.3 Å². The van der Waals surface area contributed by atoms with Gasteiger partial charge in [-0.25, -0.2) is 34.8 Å². The van der Waals surface area contributed by atoms with Gasteiger partial charge >= 0.3 is 12.1 Å². The van der Waals surface area contributed by atoms with E-state index in [9.17, 15) is 34.8 Å². The van der Waals surface area contributed by atoms with Crippen LogP contribution in [0.4, 0.5) is 21.0 Å². The van der Waals surface area contributed by atoms with E-state index in [4.69, 9.17) is 11.5 Å². The second-order valence-corrected chi connectivity index (χ2v) is 14.9. The maximum absolute atomic E-state index is 13.3. The summed E-state index contributed by atoms with van der Waals surface area (Å²) >= 11 is 0. The number of nitrogens with two attached hydrogens (primary N) is 2. The first-order valence-corrected chi connectivity index (χ1v) is 16.7. The van der Waals surface area contributed by atoms with E-state index in [1.165, 1.54) is 24.3 Å². The van der Waals surface area contributed by atoms with Crippen molar-refractivity contribution in [3.63, 3.8) is 0 Å². The number of hydrogen-bond donors (Lipinski definition) is 2. The number of sulfonamides is 2. The summed E-state index contributed by atoms with van der Waals surface area (Å²) in [6.45, 7) is 3.52. The zero-order valence-electron chi connectivity index (χ0n) is 22.8. The number of carbonyl (C=O) groups is 2. The van der Waals surface area contributed by atoms with Crippen LogP contribution in [0, 0.1) is 13.8 Å². The lowest BCUT2D eigenvalue weighted by atomic mass is 10.2. The number of amides is 4. The van der Waals surface area contributed by atoms with Crippen LogP contribution in [0.5, 0.6) is 0 Å². The molecule has 4 amide bonds. The average molecular weight is 643 g/mol. The highest BCUT2D eigenvalue weighted by Gasteiger charge is 2.31. The molecule has 0 heterocycles. The Balaban J connectivity index is 1.65. The molecule has 4 aromatic carbocycles. The normalized spacial score (nSPS) is 12.0. The molecule has 4 aromatic rings. The van der Waals surface area contributed by atoms with Gasteiger partial charge in [0, 0.05) is 0 Å². The molecule has 0 unspecified atom stereocenters. The molecule has 4 N–H and O–H groups in total. The average Bonchev–Trinajstić information content (AvgIpc) is 2.93. The van der Waals surface area contributed by atoms with Gasteiger partial charge in [-0.3, -0.25) is 0 Å².